The van der Waals surface area contributed by atoms with E-state index >= 15 is 0 Å². The van der Waals surface area contributed by atoms with Gasteiger partial charge in [-0.3, -0.25) is 0 Å². The van der Waals surface area contributed by atoms with Gasteiger partial charge in [0.15, 0.2) is 0 Å². The zero-order valence-electron chi connectivity index (χ0n) is 12.1. The lowest BCUT2D eigenvalue weighted by Gasteiger charge is -2.20. The lowest BCUT2D eigenvalue weighted by molar-refractivity contribution is 0.456. The van der Waals surface area contributed by atoms with Crippen molar-refractivity contribution >= 4 is 15.9 Å². The summed E-state index contributed by atoms with van der Waals surface area (Å²) >= 11 is 3.53. The fraction of sp³-hybridized carbons (Fsp3) is 0.333. The van der Waals surface area contributed by atoms with E-state index in [2.05, 4.69) is 89.7 Å². The zero-order chi connectivity index (χ0) is 14.4. The maximum atomic E-state index is 3.67. The van der Waals surface area contributed by atoms with E-state index in [1.54, 1.807) is 0 Å². The van der Waals surface area contributed by atoms with Gasteiger partial charge in [-0.15, -0.1) is 0 Å². The van der Waals surface area contributed by atoms with Crippen LogP contribution in [0.3, 0.4) is 0 Å². The predicted molar refractivity (Wildman–Crippen MR) is 89.9 cm³/mol. The van der Waals surface area contributed by atoms with Gasteiger partial charge in [0.05, 0.1) is 0 Å². The van der Waals surface area contributed by atoms with Gasteiger partial charge in [0.1, 0.15) is 0 Å². The van der Waals surface area contributed by atoms with E-state index in [0.717, 1.165) is 17.3 Å². The molecule has 0 fully saturated rings. The minimum atomic E-state index is 0.373. The number of halogens is 1. The Hall–Kier alpha value is -1.12. The molecule has 0 aliphatic carbocycles. The summed E-state index contributed by atoms with van der Waals surface area (Å²) in [7, 11) is 0. The van der Waals surface area contributed by atoms with Crippen molar-refractivity contribution in [2.24, 2.45) is 0 Å². The second kappa shape index (κ2) is 7.61. The Morgan fingerprint density at radius 2 is 1.75 bits per heavy atom. The molecule has 0 radical (unpaired) electrons. The van der Waals surface area contributed by atoms with Crippen LogP contribution in [0, 0.1) is 0 Å². The molecule has 0 heterocycles. The summed E-state index contributed by atoms with van der Waals surface area (Å²) in [6, 6.07) is 20.1. The summed E-state index contributed by atoms with van der Waals surface area (Å²) in [5, 5.41) is 3.67. The second-order valence-corrected chi connectivity index (χ2v) is 6.28. The van der Waals surface area contributed by atoms with Crippen LogP contribution in [0.15, 0.2) is 59.1 Å². The number of aryl methyl sites for hydroxylation is 1. The molecule has 2 rings (SSSR count). The number of nitrogens with one attached hydrogen (secondary N) is 1. The zero-order valence-corrected chi connectivity index (χ0v) is 13.7. The van der Waals surface area contributed by atoms with E-state index in [4.69, 9.17) is 0 Å². The van der Waals surface area contributed by atoms with Crippen LogP contribution in [-0.4, -0.2) is 6.04 Å². The minimum absolute atomic E-state index is 0.373. The Morgan fingerprint density at radius 1 is 1.00 bits per heavy atom. The van der Waals surface area contributed by atoms with Crippen LogP contribution in [0.1, 0.15) is 37.4 Å². The number of hydrogen-bond donors (Lipinski definition) is 1. The second-order valence-electron chi connectivity index (χ2n) is 5.37. The van der Waals surface area contributed by atoms with Crippen LogP contribution in [0.25, 0.3) is 0 Å². The highest BCUT2D eigenvalue weighted by Crippen LogP contribution is 2.18. The maximum absolute atomic E-state index is 3.67. The molecule has 1 nitrogen and oxygen atoms in total. The molecule has 0 bridgehead atoms. The first-order valence-corrected chi connectivity index (χ1v) is 8.00. The van der Waals surface area contributed by atoms with Crippen LogP contribution in [0.5, 0.6) is 0 Å². The van der Waals surface area contributed by atoms with Gasteiger partial charge in [-0.05, 0) is 49.9 Å². The molecule has 0 saturated heterocycles. The maximum Gasteiger partial charge on any atom is 0.0294 e. The first kappa shape index (κ1) is 15.3. The normalized spacial score (nSPS) is 13.9. The van der Waals surface area contributed by atoms with Crippen LogP contribution in [0.2, 0.25) is 0 Å². The van der Waals surface area contributed by atoms with E-state index in [9.17, 15) is 0 Å². The topological polar surface area (TPSA) is 12.0 Å². The Bertz CT molecular complexity index is 524. The Balaban J connectivity index is 1.83. The van der Waals surface area contributed by atoms with Gasteiger partial charge in [-0.2, -0.15) is 0 Å². The summed E-state index contributed by atoms with van der Waals surface area (Å²) < 4.78 is 1.14. The van der Waals surface area contributed by atoms with Crippen LogP contribution in [0.4, 0.5) is 0 Å². The molecular formula is C18H22BrN. The van der Waals surface area contributed by atoms with Gasteiger partial charge < -0.3 is 5.32 Å². The van der Waals surface area contributed by atoms with Crippen molar-refractivity contribution in [2.45, 2.75) is 38.8 Å². The van der Waals surface area contributed by atoms with Crippen LogP contribution in [-0.2, 0) is 6.42 Å². The van der Waals surface area contributed by atoms with E-state index in [1.807, 2.05) is 0 Å². The Morgan fingerprint density at radius 3 is 2.45 bits per heavy atom. The average molecular weight is 332 g/mol. The summed E-state index contributed by atoms with van der Waals surface area (Å²) in [4.78, 5) is 0. The van der Waals surface area contributed by atoms with Crippen molar-refractivity contribution in [1.29, 1.82) is 0 Å². The smallest absolute Gasteiger partial charge is 0.0294 e. The molecule has 0 saturated carbocycles. The standard InChI is InChI=1S/C18H22BrN/c1-14(11-12-16-7-4-3-5-8-16)20-15(2)17-9-6-10-18(19)13-17/h3-10,13-15,20H,11-12H2,1-2H3. The van der Waals surface area contributed by atoms with Crippen LogP contribution < -0.4 is 5.32 Å². The average Bonchev–Trinajstić information content (AvgIpc) is 2.46. The molecule has 1 N–H and O–H groups in total. The fourth-order valence-electron chi connectivity index (χ4n) is 2.41. The number of hydrogen-bond acceptors (Lipinski definition) is 1. The van der Waals surface area contributed by atoms with Gasteiger partial charge in [0.2, 0.25) is 0 Å². The summed E-state index contributed by atoms with van der Waals surface area (Å²) in [5.41, 5.74) is 2.74. The van der Waals surface area contributed by atoms with E-state index in [1.165, 1.54) is 11.1 Å². The molecule has 2 aromatic carbocycles. The van der Waals surface area contributed by atoms with Gasteiger partial charge in [-0.25, -0.2) is 0 Å². The van der Waals surface area contributed by atoms with E-state index < -0.39 is 0 Å². The molecule has 106 valence electrons. The molecule has 20 heavy (non-hydrogen) atoms. The molecule has 0 aliphatic rings. The van der Waals surface area contributed by atoms with Gasteiger partial charge >= 0.3 is 0 Å². The highest BCUT2D eigenvalue weighted by atomic mass is 79.9. The molecule has 2 heteroatoms. The molecule has 0 amide bonds. The third-order valence-electron chi connectivity index (χ3n) is 3.59. The number of benzene rings is 2. The van der Waals surface area contributed by atoms with Crippen molar-refractivity contribution in [3.05, 3.63) is 70.2 Å². The van der Waals surface area contributed by atoms with E-state index in [0.29, 0.717) is 12.1 Å². The molecule has 0 spiro atoms. The lowest BCUT2D eigenvalue weighted by atomic mass is 10.0. The van der Waals surface area contributed by atoms with Crippen LogP contribution >= 0.6 is 15.9 Å². The quantitative estimate of drug-likeness (QED) is 0.774. The molecule has 2 atom stereocenters. The molecular weight excluding hydrogens is 310 g/mol. The Labute approximate surface area is 130 Å². The van der Waals surface area contributed by atoms with Crippen molar-refractivity contribution in [2.75, 3.05) is 0 Å². The molecule has 0 aromatic heterocycles. The SMILES string of the molecule is CC(CCc1ccccc1)NC(C)c1cccc(Br)c1. The number of rotatable bonds is 6. The third kappa shape index (κ3) is 4.77. The Kier molecular flexibility index (Phi) is 5.81. The lowest BCUT2D eigenvalue weighted by Crippen LogP contribution is -2.29. The van der Waals surface area contributed by atoms with Crippen molar-refractivity contribution in [3.8, 4) is 0 Å². The summed E-state index contributed by atoms with van der Waals surface area (Å²) in [6.45, 7) is 4.48. The fourth-order valence-corrected chi connectivity index (χ4v) is 2.83. The summed E-state index contributed by atoms with van der Waals surface area (Å²) in [5.74, 6) is 0. The highest BCUT2D eigenvalue weighted by molar-refractivity contribution is 9.10. The summed E-state index contributed by atoms with van der Waals surface area (Å²) in [6.07, 6.45) is 2.28. The van der Waals surface area contributed by atoms with Gasteiger partial charge in [0.25, 0.3) is 0 Å². The molecule has 2 unspecified atom stereocenters. The minimum Gasteiger partial charge on any atom is -0.308 e. The molecule has 0 aliphatic heterocycles. The van der Waals surface area contributed by atoms with Gasteiger partial charge in [0, 0.05) is 16.6 Å². The first-order chi connectivity index (χ1) is 9.65. The molecule has 2 aromatic rings. The predicted octanol–water partition coefficient (Wildman–Crippen LogP) is 5.12. The largest absolute Gasteiger partial charge is 0.308 e. The third-order valence-corrected chi connectivity index (χ3v) is 4.09. The van der Waals surface area contributed by atoms with Gasteiger partial charge in [-0.1, -0.05) is 58.4 Å². The van der Waals surface area contributed by atoms with Crippen molar-refractivity contribution in [1.82, 2.24) is 5.32 Å². The first-order valence-electron chi connectivity index (χ1n) is 7.20. The monoisotopic (exact) mass is 331 g/mol. The van der Waals surface area contributed by atoms with E-state index in [-0.39, 0.29) is 0 Å². The van der Waals surface area contributed by atoms with Crippen molar-refractivity contribution < 1.29 is 0 Å². The highest BCUT2D eigenvalue weighted by Gasteiger charge is 2.09. The van der Waals surface area contributed by atoms with Crippen molar-refractivity contribution in [3.63, 3.8) is 0 Å².